The number of hydrogen-bond donors (Lipinski definition) is 0. The van der Waals surface area contributed by atoms with Gasteiger partial charge in [-0.1, -0.05) is 32.0 Å². The topological polar surface area (TPSA) is 43.4 Å². The predicted molar refractivity (Wildman–Crippen MR) is 76.1 cm³/mol. The second-order valence-corrected chi connectivity index (χ2v) is 6.64. The van der Waals surface area contributed by atoms with Crippen molar-refractivity contribution >= 4 is 10.1 Å². The lowest BCUT2D eigenvalue weighted by molar-refractivity contribution is 0.398. The van der Waals surface area contributed by atoms with E-state index in [1.54, 1.807) is 6.07 Å². The standard InChI is InChI=1S/C15H18O3S/c1-10(2)12-6-5-11(3)13-7-8-15(14(13)9-12)19(16,17)18-4/h5-10H,1-4H3. The first kappa shape index (κ1) is 14.0. The van der Waals surface area contributed by atoms with Gasteiger partial charge in [0, 0.05) is 5.56 Å². The summed E-state index contributed by atoms with van der Waals surface area (Å²) in [6.07, 6.45) is 0. The van der Waals surface area contributed by atoms with E-state index in [2.05, 4.69) is 18.0 Å². The SMILES string of the molecule is COS(=O)(=O)c1ccc2c(C)ccc(C(C)C)cc1-2. The molecule has 19 heavy (non-hydrogen) atoms. The number of rotatable bonds is 3. The molecule has 4 heteroatoms. The minimum absolute atomic E-state index is 0.242. The van der Waals surface area contributed by atoms with Crippen LogP contribution in [0.1, 0.15) is 30.9 Å². The molecule has 0 aromatic carbocycles. The minimum Gasteiger partial charge on any atom is -0.270 e. The van der Waals surface area contributed by atoms with Crippen molar-refractivity contribution in [1.29, 1.82) is 0 Å². The van der Waals surface area contributed by atoms with E-state index in [1.165, 1.54) is 7.11 Å². The number of aryl methyl sites for hydroxylation is 1. The van der Waals surface area contributed by atoms with Gasteiger partial charge in [-0.2, -0.15) is 8.42 Å². The maximum absolute atomic E-state index is 11.9. The first-order chi connectivity index (χ1) is 8.86. The van der Waals surface area contributed by atoms with Crippen LogP contribution in [0.5, 0.6) is 0 Å². The third-order valence-electron chi connectivity index (χ3n) is 3.37. The Morgan fingerprint density at radius 1 is 1.05 bits per heavy atom. The summed E-state index contributed by atoms with van der Waals surface area (Å²) in [5.74, 6) is 0.336. The van der Waals surface area contributed by atoms with E-state index < -0.39 is 10.1 Å². The van der Waals surface area contributed by atoms with E-state index in [0.717, 1.165) is 22.3 Å². The van der Waals surface area contributed by atoms with Crippen LogP contribution in [-0.4, -0.2) is 15.5 Å². The molecule has 0 saturated carbocycles. The summed E-state index contributed by atoms with van der Waals surface area (Å²) >= 11 is 0. The van der Waals surface area contributed by atoms with Crippen LogP contribution >= 0.6 is 0 Å². The molecule has 0 spiro atoms. The van der Waals surface area contributed by atoms with Crippen molar-refractivity contribution in [3.63, 3.8) is 0 Å². The molecule has 0 amide bonds. The van der Waals surface area contributed by atoms with Gasteiger partial charge < -0.3 is 0 Å². The van der Waals surface area contributed by atoms with E-state index in [9.17, 15) is 8.42 Å². The molecule has 0 aliphatic heterocycles. The fraction of sp³-hybridized carbons (Fsp3) is 0.333. The van der Waals surface area contributed by atoms with Crippen molar-refractivity contribution in [2.24, 2.45) is 0 Å². The zero-order chi connectivity index (χ0) is 14.2. The molecule has 0 aromatic heterocycles. The first-order valence-electron chi connectivity index (χ1n) is 6.20. The Morgan fingerprint density at radius 2 is 1.74 bits per heavy atom. The van der Waals surface area contributed by atoms with Crippen molar-refractivity contribution in [2.75, 3.05) is 7.11 Å². The van der Waals surface area contributed by atoms with Gasteiger partial charge >= 0.3 is 0 Å². The summed E-state index contributed by atoms with van der Waals surface area (Å²) in [5.41, 5.74) is 3.84. The fourth-order valence-electron chi connectivity index (χ4n) is 2.16. The van der Waals surface area contributed by atoms with E-state index in [4.69, 9.17) is 0 Å². The molecule has 0 heterocycles. The van der Waals surface area contributed by atoms with Crippen molar-refractivity contribution in [3.8, 4) is 11.1 Å². The monoisotopic (exact) mass is 278 g/mol. The van der Waals surface area contributed by atoms with Crippen molar-refractivity contribution in [3.05, 3.63) is 41.5 Å². The van der Waals surface area contributed by atoms with Gasteiger partial charge in [-0.05, 0) is 41.7 Å². The molecule has 3 nitrogen and oxygen atoms in total. The highest BCUT2D eigenvalue weighted by Gasteiger charge is 2.22. The molecule has 102 valence electrons. The molecule has 2 aliphatic rings. The normalized spacial score (nSPS) is 12.3. The molecule has 0 fully saturated rings. The molecule has 2 rings (SSSR count). The van der Waals surface area contributed by atoms with Gasteiger partial charge in [0.15, 0.2) is 0 Å². The van der Waals surface area contributed by atoms with Gasteiger partial charge in [0.05, 0.1) is 7.11 Å². The molecular formula is C15H18O3S. The summed E-state index contributed by atoms with van der Waals surface area (Å²) in [4.78, 5) is 0.242. The van der Waals surface area contributed by atoms with Gasteiger partial charge in [-0.25, -0.2) is 0 Å². The summed E-state index contributed by atoms with van der Waals surface area (Å²) in [6, 6.07) is 9.46. The van der Waals surface area contributed by atoms with Gasteiger partial charge in [0.1, 0.15) is 4.90 Å². The van der Waals surface area contributed by atoms with Crippen LogP contribution in [-0.2, 0) is 14.3 Å². The lowest BCUT2D eigenvalue weighted by Crippen LogP contribution is -2.02. The summed E-state index contributed by atoms with van der Waals surface area (Å²) in [6.45, 7) is 6.16. The molecule has 0 radical (unpaired) electrons. The van der Waals surface area contributed by atoms with Crippen LogP contribution in [0.25, 0.3) is 11.1 Å². The van der Waals surface area contributed by atoms with Crippen LogP contribution in [0.2, 0.25) is 0 Å². The highest BCUT2D eigenvalue weighted by atomic mass is 32.2. The largest absolute Gasteiger partial charge is 0.297 e. The van der Waals surface area contributed by atoms with Crippen molar-refractivity contribution < 1.29 is 12.6 Å². The van der Waals surface area contributed by atoms with Crippen LogP contribution in [0, 0.1) is 6.92 Å². The molecule has 0 bridgehead atoms. The maximum Gasteiger partial charge on any atom is 0.297 e. The Balaban J connectivity index is 2.78. The van der Waals surface area contributed by atoms with Gasteiger partial charge in [0.2, 0.25) is 0 Å². The minimum atomic E-state index is -3.67. The van der Waals surface area contributed by atoms with Crippen LogP contribution < -0.4 is 0 Å². The van der Waals surface area contributed by atoms with E-state index >= 15 is 0 Å². The zero-order valence-electron chi connectivity index (χ0n) is 11.6. The zero-order valence-corrected chi connectivity index (χ0v) is 12.4. The Kier molecular flexibility index (Phi) is 3.65. The summed E-state index contributed by atoms with van der Waals surface area (Å²) in [5, 5.41) is 0. The van der Waals surface area contributed by atoms with E-state index in [-0.39, 0.29) is 4.90 Å². The second-order valence-electron chi connectivity index (χ2n) is 4.96. The Labute approximate surface area is 114 Å². The number of fused-ring (bicyclic) bond motifs is 1. The quantitative estimate of drug-likeness (QED) is 0.806. The van der Waals surface area contributed by atoms with E-state index in [0.29, 0.717) is 5.92 Å². The van der Waals surface area contributed by atoms with Crippen molar-refractivity contribution in [2.45, 2.75) is 31.6 Å². The molecule has 0 saturated heterocycles. The smallest absolute Gasteiger partial charge is 0.270 e. The van der Waals surface area contributed by atoms with Crippen LogP contribution in [0.4, 0.5) is 0 Å². The Bertz CT molecular complexity index is 672. The summed E-state index contributed by atoms with van der Waals surface area (Å²) in [7, 11) is -2.48. The van der Waals surface area contributed by atoms with Gasteiger partial charge in [-0.3, -0.25) is 4.18 Å². The van der Waals surface area contributed by atoms with Crippen LogP contribution in [0.15, 0.2) is 35.2 Å². The average Bonchev–Trinajstić information content (AvgIpc) is 2.71. The maximum atomic E-state index is 11.9. The fourth-order valence-corrected chi connectivity index (χ4v) is 3.01. The third kappa shape index (κ3) is 2.51. The molecule has 0 atom stereocenters. The van der Waals surface area contributed by atoms with Crippen LogP contribution in [0.3, 0.4) is 0 Å². The second kappa shape index (κ2) is 4.94. The summed E-state index contributed by atoms with van der Waals surface area (Å²) < 4.78 is 28.5. The Hall–Kier alpha value is -1.39. The highest BCUT2D eigenvalue weighted by molar-refractivity contribution is 7.86. The van der Waals surface area contributed by atoms with Gasteiger partial charge in [-0.15, -0.1) is 0 Å². The van der Waals surface area contributed by atoms with E-state index in [1.807, 2.05) is 31.2 Å². The molecule has 0 N–H and O–H groups in total. The lowest BCUT2D eigenvalue weighted by Gasteiger charge is -2.05. The molecule has 0 aromatic rings. The van der Waals surface area contributed by atoms with Crippen molar-refractivity contribution in [1.82, 2.24) is 0 Å². The van der Waals surface area contributed by atoms with Gasteiger partial charge in [0.25, 0.3) is 10.1 Å². The predicted octanol–water partition coefficient (Wildman–Crippen LogP) is 3.56. The highest BCUT2D eigenvalue weighted by Crippen LogP contribution is 2.35. The third-order valence-corrected chi connectivity index (χ3v) is 4.71. The molecular weight excluding hydrogens is 260 g/mol. The first-order valence-corrected chi connectivity index (χ1v) is 7.61. The molecule has 2 aliphatic carbocycles. The lowest BCUT2D eigenvalue weighted by atomic mass is 10.0. The molecule has 0 unspecified atom stereocenters. The number of hydrogen-bond acceptors (Lipinski definition) is 3. The average molecular weight is 278 g/mol. The Morgan fingerprint density at radius 3 is 2.32 bits per heavy atom.